The molecule has 0 heterocycles. The monoisotopic (exact) mass is 322 g/mol. The molecule has 23 heavy (non-hydrogen) atoms. The summed E-state index contributed by atoms with van der Waals surface area (Å²) in [6.07, 6.45) is 11.6. The van der Waals surface area contributed by atoms with Gasteiger partial charge in [0.2, 0.25) is 5.91 Å². The number of hydrogen-bond donors (Lipinski definition) is 3. The Morgan fingerprint density at radius 1 is 0.957 bits per heavy atom. The second kappa shape index (κ2) is 9.78. The van der Waals surface area contributed by atoms with E-state index in [1.54, 1.807) is 7.05 Å². The fourth-order valence-corrected chi connectivity index (χ4v) is 3.63. The predicted molar refractivity (Wildman–Crippen MR) is 95.6 cm³/mol. The fourth-order valence-electron chi connectivity index (χ4n) is 3.63. The van der Waals surface area contributed by atoms with Crippen LogP contribution in [0.15, 0.2) is 4.99 Å². The molecular formula is C18H34N4O. The number of nitrogens with one attached hydrogen (secondary N) is 3. The maximum atomic E-state index is 12.0. The smallest absolute Gasteiger partial charge is 0.221 e. The van der Waals surface area contributed by atoms with Crippen LogP contribution in [0.4, 0.5) is 0 Å². The van der Waals surface area contributed by atoms with E-state index in [0.29, 0.717) is 25.0 Å². The summed E-state index contributed by atoms with van der Waals surface area (Å²) in [5, 5.41) is 9.92. The first-order valence-corrected chi connectivity index (χ1v) is 9.44. The standard InChI is InChI=1S/C18H34N4O/c1-14-8-10-16(11-9-14)22-18(19-2)20-13-12-17(23)21-15-6-4-3-5-7-15/h14-16H,3-13H2,1-2H3,(H,21,23)(H2,19,20,22). The van der Waals surface area contributed by atoms with Crippen molar-refractivity contribution in [2.45, 2.75) is 83.2 Å². The minimum atomic E-state index is 0.159. The van der Waals surface area contributed by atoms with E-state index in [1.807, 2.05) is 0 Å². The van der Waals surface area contributed by atoms with E-state index < -0.39 is 0 Å². The average molecular weight is 322 g/mol. The lowest BCUT2D eigenvalue weighted by Gasteiger charge is -2.28. The summed E-state index contributed by atoms with van der Waals surface area (Å²) in [6.45, 7) is 2.97. The van der Waals surface area contributed by atoms with Gasteiger partial charge in [-0.05, 0) is 44.4 Å². The molecule has 2 rings (SSSR count). The molecule has 0 saturated heterocycles. The van der Waals surface area contributed by atoms with Gasteiger partial charge in [0.15, 0.2) is 5.96 Å². The molecular weight excluding hydrogens is 288 g/mol. The van der Waals surface area contributed by atoms with Crippen LogP contribution in [0.3, 0.4) is 0 Å². The van der Waals surface area contributed by atoms with Crippen LogP contribution >= 0.6 is 0 Å². The molecule has 2 aliphatic rings. The number of amides is 1. The summed E-state index contributed by atoms with van der Waals surface area (Å²) < 4.78 is 0. The highest BCUT2D eigenvalue weighted by molar-refractivity contribution is 5.81. The number of nitrogens with zero attached hydrogens (tertiary/aromatic N) is 1. The highest BCUT2D eigenvalue weighted by Crippen LogP contribution is 2.23. The second-order valence-corrected chi connectivity index (χ2v) is 7.25. The third-order valence-corrected chi connectivity index (χ3v) is 5.20. The van der Waals surface area contributed by atoms with Crippen molar-refractivity contribution in [1.82, 2.24) is 16.0 Å². The molecule has 5 heteroatoms. The highest BCUT2D eigenvalue weighted by Gasteiger charge is 2.19. The lowest BCUT2D eigenvalue weighted by molar-refractivity contribution is -0.121. The van der Waals surface area contributed by atoms with Gasteiger partial charge in [-0.3, -0.25) is 9.79 Å². The SMILES string of the molecule is CN=C(NCCC(=O)NC1CCCCC1)NC1CCC(C)CC1. The van der Waals surface area contributed by atoms with Gasteiger partial charge in [0.05, 0.1) is 0 Å². The topological polar surface area (TPSA) is 65.5 Å². The molecule has 0 aromatic rings. The van der Waals surface area contributed by atoms with E-state index in [-0.39, 0.29) is 5.91 Å². The van der Waals surface area contributed by atoms with E-state index in [2.05, 4.69) is 27.9 Å². The number of aliphatic imine (C=N–C) groups is 1. The summed E-state index contributed by atoms with van der Waals surface area (Å²) in [4.78, 5) is 16.3. The van der Waals surface area contributed by atoms with Crippen LogP contribution in [-0.4, -0.2) is 37.5 Å². The molecule has 2 aliphatic carbocycles. The van der Waals surface area contributed by atoms with Crippen molar-refractivity contribution in [2.75, 3.05) is 13.6 Å². The van der Waals surface area contributed by atoms with E-state index in [4.69, 9.17) is 0 Å². The van der Waals surface area contributed by atoms with Gasteiger partial charge >= 0.3 is 0 Å². The van der Waals surface area contributed by atoms with Gasteiger partial charge in [-0.2, -0.15) is 0 Å². The molecule has 5 nitrogen and oxygen atoms in total. The lowest BCUT2D eigenvalue weighted by Crippen LogP contribution is -2.46. The fraction of sp³-hybridized carbons (Fsp3) is 0.889. The molecule has 0 unspecified atom stereocenters. The zero-order chi connectivity index (χ0) is 16.5. The summed E-state index contributed by atoms with van der Waals surface area (Å²) in [7, 11) is 1.79. The molecule has 0 aromatic heterocycles. The van der Waals surface area contributed by atoms with Gasteiger partial charge in [-0.25, -0.2) is 0 Å². The first kappa shape index (κ1) is 18.1. The molecule has 0 bridgehead atoms. The Balaban J connectivity index is 1.60. The van der Waals surface area contributed by atoms with Crippen molar-refractivity contribution in [3.8, 4) is 0 Å². The van der Waals surface area contributed by atoms with Crippen LogP contribution in [0.1, 0.15) is 71.1 Å². The van der Waals surface area contributed by atoms with Crippen LogP contribution in [0.25, 0.3) is 0 Å². The molecule has 132 valence electrons. The van der Waals surface area contributed by atoms with Crippen molar-refractivity contribution < 1.29 is 4.79 Å². The number of rotatable bonds is 5. The van der Waals surface area contributed by atoms with Crippen LogP contribution in [0.2, 0.25) is 0 Å². The summed E-state index contributed by atoms with van der Waals surface area (Å²) in [6, 6.07) is 0.923. The third-order valence-electron chi connectivity index (χ3n) is 5.20. The Morgan fingerprint density at radius 2 is 1.61 bits per heavy atom. The van der Waals surface area contributed by atoms with Gasteiger partial charge in [0.1, 0.15) is 0 Å². The second-order valence-electron chi connectivity index (χ2n) is 7.25. The van der Waals surface area contributed by atoms with Crippen molar-refractivity contribution >= 4 is 11.9 Å². The van der Waals surface area contributed by atoms with Gasteiger partial charge < -0.3 is 16.0 Å². The maximum absolute atomic E-state index is 12.0. The molecule has 0 aliphatic heterocycles. The van der Waals surface area contributed by atoms with E-state index >= 15 is 0 Å². The summed E-state index contributed by atoms with van der Waals surface area (Å²) in [5.41, 5.74) is 0. The van der Waals surface area contributed by atoms with Crippen LogP contribution in [0, 0.1) is 5.92 Å². The first-order chi connectivity index (χ1) is 11.2. The van der Waals surface area contributed by atoms with Gasteiger partial charge in [0.25, 0.3) is 0 Å². The number of hydrogen-bond acceptors (Lipinski definition) is 2. The van der Waals surface area contributed by atoms with Crippen LogP contribution in [-0.2, 0) is 4.79 Å². The molecule has 0 spiro atoms. The van der Waals surface area contributed by atoms with Crippen LogP contribution in [0.5, 0.6) is 0 Å². The number of carbonyl (C=O) groups is 1. The molecule has 0 atom stereocenters. The third kappa shape index (κ3) is 6.80. The Bertz CT molecular complexity index is 382. The Kier molecular flexibility index (Phi) is 7.69. The number of carbonyl (C=O) groups excluding carboxylic acids is 1. The normalized spacial score (nSPS) is 26.6. The maximum Gasteiger partial charge on any atom is 0.221 e. The predicted octanol–water partition coefficient (Wildman–Crippen LogP) is 2.57. The van der Waals surface area contributed by atoms with Crippen LogP contribution < -0.4 is 16.0 Å². The van der Waals surface area contributed by atoms with Gasteiger partial charge in [0, 0.05) is 32.1 Å². The number of guanidine groups is 1. The Morgan fingerprint density at radius 3 is 2.26 bits per heavy atom. The summed E-state index contributed by atoms with van der Waals surface area (Å²) >= 11 is 0. The zero-order valence-electron chi connectivity index (χ0n) is 14.9. The van der Waals surface area contributed by atoms with E-state index in [0.717, 1.165) is 24.7 Å². The Hall–Kier alpha value is -1.26. The molecule has 1 amide bonds. The minimum Gasteiger partial charge on any atom is -0.356 e. The minimum absolute atomic E-state index is 0.159. The van der Waals surface area contributed by atoms with Crippen molar-refractivity contribution in [3.05, 3.63) is 0 Å². The molecule has 2 saturated carbocycles. The van der Waals surface area contributed by atoms with Crippen molar-refractivity contribution in [2.24, 2.45) is 10.9 Å². The molecule has 3 N–H and O–H groups in total. The zero-order valence-corrected chi connectivity index (χ0v) is 14.9. The van der Waals surface area contributed by atoms with Gasteiger partial charge in [-0.15, -0.1) is 0 Å². The lowest BCUT2D eigenvalue weighted by atomic mass is 9.87. The Labute approximate surface area is 141 Å². The van der Waals surface area contributed by atoms with Gasteiger partial charge in [-0.1, -0.05) is 26.2 Å². The molecule has 0 radical (unpaired) electrons. The first-order valence-electron chi connectivity index (χ1n) is 9.44. The average Bonchev–Trinajstić information content (AvgIpc) is 2.56. The largest absolute Gasteiger partial charge is 0.356 e. The van der Waals surface area contributed by atoms with E-state index in [9.17, 15) is 4.79 Å². The molecule has 0 aromatic carbocycles. The van der Waals surface area contributed by atoms with Crippen molar-refractivity contribution in [3.63, 3.8) is 0 Å². The highest BCUT2D eigenvalue weighted by atomic mass is 16.1. The summed E-state index contributed by atoms with van der Waals surface area (Å²) in [5.74, 6) is 1.84. The quantitative estimate of drug-likeness (QED) is 0.538. The van der Waals surface area contributed by atoms with E-state index in [1.165, 1.54) is 44.9 Å². The molecule has 2 fully saturated rings. The van der Waals surface area contributed by atoms with Crippen molar-refractivity contribution in [1.29, 1.82) is 0 Å².